The monoisotopic (exact) mass is 418 g/mol. The SMILES string of the molecule is Cc1ccc(CC(=O)N(CCn2nc(C)cc2C)c2nc3ccccc3s2)c(C)c1. The third-order valence-corrected chi connectivity index (χ3v) is 6.35. The first-order chi connectivity index (χ1) is 14.4. The van der Waals surface area contributed by atoms with Crippen molar-refractivity contribution in [3.63, 3.8) is 0 Å². The highest BCUT2D eigenvalue weighted by Gasteiger charge is 2.21. The van der Waals surface area contributed by atoms with Crippen molar-refractivity contribution >= 4 is 32.6 Å². The summed E-state index contributed by atoms with van der Waals surface area (Å²) < 4.78 is 3.04. The fourth-order valence-electron chi connectivity index (χ4n) is 3.70. The molecule has 0 N–H and O–H groups in total. The van der Waals surface area contributed by atoms with Crippen LogP contribution in [0.15, 0.2) is 48.5 Å². The van der Waals surface area contributed by atoms with Crippen molar-refractivity contribution < 1.29 is 4.79 Å². The van der Waals surface area contributed by atoms with Crippen molar-refractivity contribution in [3.05, 3.63) is 76.6 Å². The Hall–Kier alpha value is -2.99. The molecule has 5 nitrogen and oxygen atoms in total. The van der Waals surface area contributed by atoms with Crippen molar-refractivity contribution in [2.45, 2.75) is 40.7 Å². The highest BCUT2D eigenvalue weighted by atomic mass is 32.1. The smallest absolute Gasteiger partial charge is 0.233 e. The second kappa shape index (κ2) is 8.40. The van der Waals surface area contributed by atoms with Crippen LogP contribution in [0.25, 0.3) is 10.2 Å². The summed E-state index contributed by atoms with van der Waals surface area (Å²) in [6.45, 7) is 9.33. The molecule has 0 aliphatic heterocycles. The normalized spacial score (nSPS) is 11.2. The molecule has 0 atom stereocenters. The minimum absolute atomic E-state index is 0.0579. The molecular formula is C24H26N4OS. The Morgan fingerprint density at radius 1 is 1.07 bits per heavy atom. The molecule has 0 radical (unpaired) electrons. The number of hydrogen-bond donors (Lipinski definition) is 0. The first kappa shape index (κ1) is 20.3. The zero-order valence-electron chi connectivity index (χ0n) is 17.8. The third kappa shape index (κ3) is 4.28. The van der Waals surface area contributed by atoms with Gasteiger partial charge < -0.3 is 0 Å². The van der Waals surface area contributed by atoms with Gasteiger partial charge in [0.15, 0.2) is 5.13 Å². The second-order valence-corrected chi connectivity index (χ2v) is 8.78. The van der Waals surface area contributed by atoms with Gasteiger partial charge in [-0.3, -0.25) is 14.4 Å². The van der Waals surface area contributed by atoms with Gasteiger partial charge in [-0.1, -0.05) is 47.2 Å². The average molecular weight is 419 g/mol. The van der Waals surface area contributed by atoms with Crippen LogP contribution in [-0.2, 0) is 17.8 Å². The number of fused-ring (bicyclic) bond motifs is 1. The molecule has 6 heteroatoms. The largest absolute Gasteiger partial charge is 0.286 e. The summed E-state index contributed by atoms with van der Waals surface area (Å²) in [7, 11) is 0. The number of aromatic nitrogens is 3. The minimum Gasteiger partial charge on any atom is -0.286 e. The van der Waals surface area contributed by atoms with E-state index in [1.165, 1.54) is 5.56 Å². The topological polar surface area (TPSA) is 51.0 Å². The van der Waals surface area contributed by atoms with Crippen molar-refractivity contribution in [3.8, 4) is 0 Å². The predicted molar refractivity (Wildman–Crippen MR) is 123 cm³/mol. The minimum atomic E-state index is 0.0579. The van der Waals surface area contributed by atoms with E-state index in [1.807, 2.05) is 47.7 Å². The molecule has 0 aliphatic rings. The molecule has 0 saturated carbocycles. The lowest BCUT2D eigenvalue weighted by molar-refractivity contribution is -0.118. The Morgan fingerprint density at radius 2 is 1.87 bits per heavy atom. The van der Waals surface area contributed by atoms with Crippen molar-refractivity contribution in [2.75, 3.05) is 11.4 Å². The van der Waals surface area contributed by atoms with Gasteiger partial charge in [0.2, 0.25) is 5.91 Å². The van der Waals surface area contributed by atoms with Crippen LogP contribution >= 0.6 is 11.3 Å². The molecule has 2 aromatic heterocycles. The second-order valence-electron chi connectivity index (χ2n) is 7.77. The standard InChI is InChI=1S/C24H26N4OS/c1-16-9-10-20(17(2)13-16)15-23(29)27(11-12-28-19(4)14-18(3)26-28)24-25-21-7-5-6-8-22(21)30-24/h5-10,13-14H,11-12,15H2,1-4H3. The van der Waals surface area contributed by atoms with Crippen LogP contribution in [0.4, 0.5) is 5.13 Å². The molecular weight excluding hydrogens is 392 g/mol. The quantitative estimate of drug-likeness (QED) is 0.443. The highest BCUT2D eigenvalue weighted by Crippen LogP contribution is 2.29. The van der Waals surface area contributed by atoms with E-state index in [0.29, 0.717) is 19.5 Å². The number of rotatable bonds is 6. The molecule has 0 bridgehead atoms. The lowest BCUT2D eigenvalue weighted by Gasteiger charge is -2.21. The molecule has 2 aromatic carbocycles. The van der Waals surface area contributed by atoms with Crippen molar-refractivity contribution in [1.29, 1.82) is 0 Å². The maximum atomic E-state index is 13.4. The van der Waals surface area contributed by atoms with Crippen LogP contribution in [-0.4, -0.2) is 27.2 Å². The number of benzene rings is 2. The number of nitrogens with zero attached hydrogens (tertiary/aromatic N) is 4. The van der Waals surface area contributed by atoms with Gasteiger partial charge in [-0.15, -0.1) is 0 Å². The molecule has 30 heavy (non-hydrogen) atoms. The highest BCUT2D eigenvalue weighted by molar-refractivity contribution is 7.22. The molecule has 4 aromatic rings. The summed E-state index contributed by atoms with van der Waals surface area (Å²) in [5.41, 5.74) is 6.41. The van der Waals surface area contributed by atoms with E-state index in [9.17, 15) is 4.79 Å². The van der Waals surface area contributed by atoms with E-state index >= 15 is 0 Å². The number of anilines is 1. The third-order valence-electron chi connectivity index (χ3n) is 5.29. The fraction of sp³-hybridized carbons (Fsp3) is 0.292. The van der Waals surface area contributed by atoms with Gasteiger partial charge >= 0.3 is 0 Å². The van der Waals surface area contributed by atoms with Crippen molar-refractivity contribution in [1.82, 2.24) is 14.8 Å². The van der Waals surface area contributed by atoms with Gasteiger partial charge in [0, 0.05) is 12.2 Å². The number of hydrogen-bond acceptors (Lipinski definition) is 4. The van der Waals surface area contributed by atoms with Crippen LogP contribution in [0.1, 0.15) is 28.1 Å². The molecule has 0 saturated heterocycles. The molecule has 1 amide bonds. The summed E-state index contributed by atoms with van der Waals surface area (Å²) in [5, 5.41) is 5.29. The number of para-hydroxylation sites is 1. The summed E-state index contributed by atoms with van der Waals surface area (Å²) in [6.07, 6.45) is 0.360. The van der Waals surface area contributed by atoms with Gasteiger partial charge in [-0.2, -0.15) is 5.10 Å². The summed E-state index contributed by atoms with van der Waals surface area (Å²) >= 11 is 1.56. The maximum Gasteiger partial charge on any atom is 0.233 e. The van der Waals surface area contributed by atoms with E-state index in [-0.39, 0.29) is 5.91 Å². The number of aryl methyl sites for hydroxylation is 4. The first-order valence-electron chi connectivity index (χ1n) is 10.1. The Kier molecular flexibility index (Phi) is 5.68. The zero-order chi connectivity index (χ0) is 21.3. The van der Waals surface area contributed by atoms with Crippen LogP contribution in [0, 0.1) is 27.7 Å². The van der Waals surface area contributed by atoms with E-state index in [2.05, 4.69) is 43.2 Å². The van der Waals surface area contributed by atoms with Gasteiger partial charge in [0.05, 0.1) is 28.9 Å². The Morgan fingerprint density at radius 3 is 2.57 bits per heavy atom. The van der Waals surface area contributed by atoms with E-state index in [1.54, 1.807) is 11.3 Å². The average Bonchev–Trinajstić information content (AvgIpc) is 3.26. The van der Waals surface area contributed by atoms with E-state index in [4.69, 9.17) is 4.98 Å². The molecule has 4 rings (SSSR count). The molecule has 0 unspecified atom stereocenters. The fourth-order valence-corrected chi connectivity index (χ4v) is 4.71. The van der Waals surface area contributed by atoms with E-state index in [0.717, 1.165) is 37.9 Å². The lowest BCUT2D eigenvalue weighted by atomic mass is 10.0. The van der Waals surface area contributed by atoms with Gasteiger partial charge in [-0.25, -0.2) is 4.98 Å². The molecule has 0 spiro atoms. The first-order valence-corrected chi connectivity index (χ1v) is 11.0. The maximum absolute atomic E-state index is 13.4. The molecule has 154 valence electrons. The van der Waals surface area contributed by atoms with Gasteiger partial charge in [0.1, 0.15) is 0 Å². The predicted octanol–water partition coefficient (Wildman–Crippen LogP) is 5.00. The van der Waals surface area contributed by atoms with Gasteiger partial charge in [0.25, 0.3) is 0 Å². The van der Waals surface area contributed by atoms with Crippen LogP contribution in [0.3, 0.4) is 0 Å². The Balaban J connectivity index is 1.63. The van der Waals surface area contributed by atoms with Crippen LogP contribution < -0.4 is 4.90 Å². The Labute approximate surface area is 181 Å². The van der Waals surface area contributed by atoms with Gasteiger partial charge in [-0.05, 0) is 57.0 Å². The summed E-state index contributed by atoms with van der Waals surface area (Å²) in [5.74, 6) is 0.0579. The number of thiazole rings is 1. The van der Waals surface area contributed by atoms with Crippen LogP contribution in [0.5, 0.6) is 0 Å². The summed E-state index contributed by atoms with van der Waals surface area (Å²) in [4.78, 5) is 20.0. The zero-order valence-corrected chi connectivity index (χ0v) is 18.7. The van der Waals surface area contributed by atoms with E-state index < -0.39 is 0 Å². The van der Waals surface area contributed by atoms with Crippen LogP contribution in [0.2, 0.25) is 0 Å². The molecule has 2 heterocycles. The number of carbonyl (C=O) groups is 1. The molecule has 0 fully saturated rings. The number of carbonyl (C=O) groups excluding carboxylic acids is 1. The Bertz CT molecular complexity index is 1170. The molecule has 0 aliphatic carbocycles. The number of amides is 1. The lowest BCUT2D eigenvalue weighted by Crippen LogP contribution is -2.35. The summed E-state index contributed by atoms with van der Waals surface area (Å²) in [6, 6.07) is 16.3. The van der Waals surface area contributed by atoms with Crippen molar-refractivity contribution in [2.24, 2.45) is 0 Å².